The Bertz CT molecular complexity index is 1000. The summed E-state index contributed by atoms with van der Waals surface area (Å²) in [4.78, 5) is 28.9. The second-order valence-electron chi connectivity index (χ2n) is 6.71. The Kier molecular flexibility index (Phi) is 4.47. The minimum Gasteiger partial charge on any atom is -0.338 e. The molecule has 0 spiro atoms. The summed E-state index contributed by atoms with van der Waals surface area (Å²) >= 11 is 3.33. The molecule has 25 heavy (non-hydrogen) atoms. The zero-order valence-electron chi connectivity index (χ0n) is 14.0. The Balaban J connectivity index is 1.79. The summed E-state index contributed by atoms with van der Waals surface area (Å²) in [6.45, 7) is 5.82. The highest BCUT2D eigenvalue weighted by atomic mass is 79.9. The number of amides is 1. The Morgan fingerprint density at radius 3 is 2.76 bits per heavy atom. The standard InChI is InChI=1S/C17H17BrN4O3/c1-17(2,3)13-7-15(25-21-13)20-14(23)8-22-9-19-12-5-4-10(18)6-11(12)16(22)24/h4-7,9H,8H2,1-3H3,(H,20,23). The van der Waals surface area contributed by atoms with E-state index in [1.807, 2.05) is 26.8 Å². The molecule has 0 aliphatic heterocycles. The van der Waals surface area contributed by atoms with E-state index in [-0.39, 0.29) is 23.4 Å². The molecule has 2 aromatic heterocycles. The molecule has 0 bridgehead atoms. The van der Waals surface area contributed by atoms with Crippen molar-refractivity contribution >= 4 is 38.6 Å². The van der Waals surface area contributed by atoms with Crippen LogP contribution < -0.4 is 10.9 Å². The van der Waals surface area contributed by atoms with Gasteiger partial charge in [0.2, 0.25) is 11.8 Å². The first-order chi connectivity index (χ1) is 11.7. The lowest BCUT2D eigenvalue weighted by molar-refractivity contribution is -0.116. The molecule has 1 aromatic carbocycles. The molecule has 0 saturated heterocycles. The van der Waals surface area contributed by atoms with Crippen LogP contribution in [0.4, 0.5) is 5.88 Å². The Hall–Kier alpha value is -2.48. The molecule has 0 aliphatic carbocycles. The van der Waals surface area contributed by atoms with Gasteiger partial charge in [0.25, 0.3) is 5.56 Å². The van der Waals surface area contributed by atoms with Gasteiger partial charge in [0.1, 0.15) is 6.54 Å². The molecule has 0 fully saturated rings. The van der Waals surface area contributed by atoms with Crippen LogP contribution in [0.1, 0.15) is 26.5 Å². The molecule has 3 aromatic rings. The first kappa shape index (κ1) is 17.3. The molecular formula is C17H17BrN4O3. The highest BCUT2D eigenvalue weighted by Crippen LogP contribution is 2.23. The Morgan fingerprint density at radius 1 is 1.32 bits per heavy atom. The predicted octanol–water partition coefficient (Wildman–Crippen LogP) is 3.08. The fraction of sp³-hybridized carbons (Fsp3) is 0.294. The number of hydrogen-bond acceptors (Lipinski definition) is 5. The quantitative estimate of drug-likeness (QED) is 0.724. The lowest BCUT2D eigenvalue weighted by Gasteiger charge is -2.12. The topological polar surface area (TPSA) is 90.0 Å². The van der Waals surface area contributed by atoms with E-state index in [1.54, 1.807) is 18.2 Å². The van der Waals surface area contributed by atoms with Crippen LogP contribution in [0, 0.1) is 0 Å². The number of carbonyl (C=O) groups is 1. The number of anilines is 1. The van der Waals surface area contributed by atoms with Gasteiger partial charge in [-0.3, -0.25) is 19.5 Å². The Morgan fingerprint density at radius 2 is 2.08 bits per heavy atom. The van der Waals surface area contributed by atoms with Gasteiger partial charge in [0.15, 0.2) is 0 Å². The first-order valence-electron chi connectivity index (χ1n) is 7.66. The number of nitrogens with one attached hydrogen (secondary N) is 1. The van der Waals surface area contributed by atoms with Crippen LogP contribution in [-0.4, -0.2) is 20.6 Å². The van der Waals surface area contributed by atoms with Crippen molar-refractivity contribution in [2.75, 3.05) is 5.32 Å². The van der Waals surface area contributed by atoms with E-state index in [1.165, 1.54) is 10.9 Å². The predicted molar refractivity (Wildman–Crippen MR) is 97.5 cm³/mol. The smallest absolute Gasteiger partial charge is 0.261 e. The summed E-state index contributed by atoms with van der Waals surface area (Å²) in [6.07, 6.45) is 1.36. The van der Waals surface area contributed by atoms with E-state index in [9.17, 15) is 9.59 Å². The van der Waals surface area contributed by atoms with Crippen molar-refractivity contribution in [1.29, 1.82) is 0 Å². The molecule has 0 saturated carbocycles. The van der Waals surface area contributed by atoms with Gasteiger partial charge in [-0.25, -0.2) is 4.98 Å². The summed E-state index contributed by atoms with van der Waals surface area (Å²) in [6, 6.07) is 6.91. The van der Waals surface area contributed by atoms with Gasteiger partial charge in [-0.15, -0.1) is 0 Å². The van der Waals surface area contributed by atoms with Crippen molar-refractivity contribution in [3.8, 4) is 0 Å². The Labute approximate surface area is 152 Å². The van der Waals surface area contributed by atoms with Crippen LogP contribution in [-0.2, 0) is 16.8 Å². The summed E-state index contributed by atoms with van der Waals surface area (Å²) < 4.78 is 7.16. The van der Waals surface area contributed by atoms with Crippen LogP contribution in [0.5, 0.6) is 0 Å². The van der Waals surface area contributed by atoms with Crippen LogP contribution in [0.25, 0.3) is 10.9 Å². The lowest BCUT2D eigenvalue weighted by atomic mass is 9.92. The van der Waals surface area contributed by atoms with E-state index in [0.29, 0.717) is 10.9 Å². The van der Waals surface area contributed by atoms with E-state index in [4.69, 9.17) is 4.52 Å². The number of nitrogens with zero attached hydrogens (tertiary/aromatic N) is 3. The van der Waals surface area contributed by atoms with Gasteiger partial charge in [0.05, 0.1) is 22.9 Å². The number of carbonyl (C=O) groups excluding carboxylic acids is 1. The third kappa shape index (κ3) is 3.79. The maximum atomic E-state index is 12.5. The van der Waals surface area contributed by atoms with Crippen LogP contribution in [0.3, 0.4) is 0 Å². The third-order valence-electron chi connectivity index (χ3n) is 3.64. The van der Waals surface area contributed by atoms with Crippen LogP contribution in [0.2, 0.25) is 0 Å². The number of aromatic nitrogens is 3. The molecule has 3 rings (SSSR count). The molecule has 0 atom stereocenters. The van der Waals surface area contributed by atoms with Crippen molar-refractivity contribution in [2.45, 2.75) is 32.7 Å². The van der Waals surface area contributed by atoms with E-state index in [0.717, 1.165) is 10.2 Å². The van der Waals surface area contributed by atoms with Gasteiger partial charge < -0.3 is 4.52 Å². The number of benzene rings is 1. The van der Waals surface area contributed by atoms with Gasteiger partial charge in [0, 0.05) is 16.0 Å². The van der Waals surface area contributed by atoms with Gasteiger partial charge in [-0.2, -0.15) is 0 Å². The molecule has 0 unspecified atom stereocenters. The van der Waals surface area contributed by atoms with Crippen molar-refractivity contribution in [3.05, 3.63) is 51.1 Å². The van der Waals surface area contributed by atoms with E-state index < -0.39 is 5.91 Å². The highest BCUT2D eigenvalue weighted by molar-refractivity contribution is 9.10. The van der Waals surface area contributed by atoms with Crippen molar-refractivity contribution in [3.63, 3.8) is 0 Å². The maximum Gasteiger partial charge on any atom is 0.261 e. The summed E-state index contributed by atoms with van der Waals surface area (Å²) in [7, 11) is 0. The number of rotatable bonds is 3. The van der Waals surface area contributed by atoms with Gasteiger partial charge in [-0.05, 0) is 18.2 Å². The highest BCUT2D eigenvalue weighted by Gasteiger charge is 2.20. The average Bonchev–Trinajstić information content (AvgIpc) is 2.99. The van der Waals surface area contributed by atoms with Gasteiger partial charge in [-0.1, -0.05) is 41.9 Å². The molecule has 1 amide bonds. The molecule has 0 radical (unpaired) electrons. The van der Waals surface area contributed by atoms with Gasteiger partial charge >= 0.3 is 0 Å². The molecule has 2 heterocycles. The van der Waals surface area contributed by atoms with Crippen molar-refractivity contribution < 1.29 is 9.32 Å². The van der Waals surface area contributed by atoms with E-state index in [2.05, 4.69) is 31.4 Å². The normalized spacial score (nSPS) is 11.7. The molecule has 8 heteroatoms. The number of hydrogen-bond donors (Lipinski definition) is 1. The fourth-order valence-corrected chi connectivity index (χ4v) is 2.62. The average molecular weight is 405 g/mol. The summed E-state index contributed by atoms with van der Waals surface area (Å²) in [5, 5.41) is 6.99. The zero-order chi connectivity index (χ0) is 18.2. The molecular weight excluding hydrogens is 388 g/mol. The van der Waals surface area contributed by atoms with Crippen molar-refractivity contribution in [1.82, 2.24) is 14.7 Å². The first-order valence-corrected chi connectivity index (χ1v) is 8.45. The third-order valence-corrected chi connectivity index (χ3v) is 4.13. The fourth-order valence-electron chi connectivity index (χ4n) is 2.26. The second kappa shape index (κ2) is 6.44. The minimum atomic E-state index is -0.394. The van der Waals surface area contributed by atoms with Crippen molar-refractivity contribution in [2.24, 2.45) is 0 Å². The van der Waals surface area contributed by atoms with Crippen LogP contribution in [0.15, 0.2) is 44.4 Å². The molecule has 0 aliphatic rings. The minimum absolute atomic E-state index is 0.167. The maximum absolute atomic E-state index is 12.5. The second-order valence-corrected chi connectivity index (χ2v) is 7.63. The number of fused-ring (bicyclic) bond motifs is 1. The summed E-state index contributed by atoms with van der Waals surface area (Å²) in [5.41, 5.74) is 0.848. The van der Waals surface area contributed by atoms with Crippen LogP contribution >= 0.6 is 15.9 Å². The number of halogens is 1. The lowest BCUT2D eigenvalue weighted by Crippen LogP contribution is -2.27. The summed E-state index contributed by atoms with van der Waals surface area (Å²) in [5.74, 6) is -0.144. The SMILES string of the molecule is CC(C)(C)c1cc(NC(=O)Cn2cnc3ccc(Br)cc3c2=O)on1. The van der Waals surface area contributed by atoms with E-state index >= 15 is 0 Å². The molecule has 130 valence electrons. The molecule has 7 nitrogen and oxygen atoms in total. The monoisotopic (exact) mass is 404 g/mol. The largest absolute Gasteiger partial charge is 0.338 e. The zero-order valence-corrected chi connectivity index (χ0v) is 15.6. The molecule has 1 N–H and O–H groups in total.